The van der Waals surface area contributed by atoms with Gasteiger partial charge in [0, 0.05) is 15.6 Å². The van der Waals surface area contributed by atoms with Gasteiger partial charge in [0.25, 0.3) is 0 Å². The van der Waals surface area contributed by atoms with E-state index in [1.807, 2.05) is 0 Å². The maximum absolute atomic E-state index is 12.6. The molecule has 0 spiro atoms. The lowest BCUT2D eigenvalue weighted by Gasteiger charge is -2.35. The minimum Gasteiger partial charge on any atom is -0.317 e. The molecule has 0 aliphatic carbocycles. The van der Waals surface area contributed by atoms with Crippen molar-refractivity contribution < 1.29 is 22.4 Å². The van der Waals surface area contributed by atoms with Gasteiger partial charge in [-0.1, -0.05) is 0 Å². The van der Waals surface area contributed by atoms with Crippen molar-refractivity contribution in [3.63, 3.8) is 0 Å². The fourth-order valence-electron chi connectivity index (χ4n) is 3.76. The summed E-state index contributed by atoms with van der Waals surface area (Å²) in [6, 6.07) is 0. The van der Waals surface area contributed by atoms with E-state index in [0.29, 0.717) is 30.1 Å². The molecule has 0 aromatic rings. The average Bonchev–Trinajstić information content (AvgIpc) is 2.98. The molecule has 158 valence electrons. The van der Waals surface area contributed by atoms with Crippen LogP contribution in [0.1, 0.15) is 32.6 Å². The molecule has 0 radical (unpaired) electrons. The first-order chi connectivity index (χ1) is 12.9. The van der Waals surface area contributed by atoms with Crippen LogP contribution in [0.25, 0.3) is 0 Å². The van der Waals surface area contributed by atoms with Gasteiger partial charge >= 0.3 is 0 Å². The molecule has 3 aliphatic heterocycles. The van der Waals surface area contributed by atoms with E-state index < -0.39 is 24.4 Å². The number of aliphatic imine (C=N–C) groups is 1. The van der Waals surface area contributed by atoms with Crippen molar-refractivity contribution >= 4 is 23.3 Å². The maximum Gasteiger partial charge on any atom is 0.207 e. The van der Waals surface area contributed by atoms with Crippen LogP contribution in [0.2, 0.25) is 0 Å². The molecule has 3 heterocycles. The number of nitrogens with one attached hydrogen (secondary N) is 2. The van der Waals surface area contributed by atoms with Gasteiger partial charge in [0.05, 0.1) is 24.0 Å². The number of nitrogens with zero attached hydrogens (tertiary/aromatic N) is 1. The Morgan fingerprint density at radius 1 is 1.04 bits per heavy atom. The van der Waals surface area contributed by atoms with E-state index in [-0.39, 0.29) is 5.75 Å². The van der Waals surface area contributed by atoms with Crippen LogP contribution >= 0.6 is 9.34 Å². The molecule has 0 bridgehead atoms. The smallest absolute Gasteiger partial charge is 0.207 e. The van der Waals surface area contributed by atoms with E-state index in [0.717, 1.165) is 51.9 Å². The summed E-state index contributed by atoms with van der Waals surface area (Å²) in [5, 5.41) is 7.17. The largest absolute Gasteiger partial charge is 0.317 e. The van der Waals surface area contributed by atoms with E-state index in [2.05, 4.69) is 15.6 Å². The van der Waals surface area contributed by atoms with Crippen LogP contribution < -0.4 is 10.6 Å². The average molecular weight is 424 g/mol. The second kappa shape index (κ2) is 9.51. The molecule has 2 saturated heterocycles. The molecule has 2 atom stereocenters. The Morgan fingerprint density at radius 3 is 2.15 bits per heavy atom. The summed E-state index contributed by atoms with van der Waals surface area (Å²) in [7, 11) is -5.89. The molecular weight excluding hydrogens is 390 g/mol. The normalized spacial score (nSPS) is 33.6. The van der Waals surface area contributed by atoms with Gasteiger partial charge in [0.1, 0.15) is 0 Å². The SMILES string of the molecule is CC1=NC(OOCC2CCNCC2)CS1(OCC1CCNCC1)S(C)(=O)=O. The molecule has 3 aliphatic rings. The predicted molar refractivity (Wildman–Crippen MR) is 108 cm³/mol. The van der Waals surface area contributed by atoms with Gasteiger partial charge in [-0.05, 0) is 70.6 Å². The van der Waals surface area contributed by atoms with Crippen LogP contribution in [-0.4, -0.2) is 71.1 Å². The zero-order valence-corrected chi connectivity index (χ0v) is 17.9. The summed E-state index contributed by atoms with van der Waals surface area (Å²) < 4.78 is 31.4. The molecule has 2 unspecified atom stereocenters. The van der Waals surface area contributed by atoms with E-state index in [1.165, 1.54) is 6.26 Å². The highest BCUT2D eigenvalue weighted by atomic mass is 33.2. The van der Waals surface area contributed by atoms with Crippen LogP contribution in [0.3, 0.4) is 0 Å². The maximum atomic E-state index is 12.6. The van der Waals surface area contributed by atoms with Crippen LogP contribution in [0.4, 0.5) is 0 Å². The first-order valence-electron chi connectivity index (χ1n) is 9.80. The van der Waals surface area contributed by atoms with Crippen LogP contribution in [0.15, 0.2) is 4.99 Å². The minimum absolute atomic E-state index is 0.231. The topological polar surface area (TPSA) is 98.2 Å². The number of hydrogen-bond donors (Lipinski definition) is 2. The molecular formula is C17H33N3O5S2. The lowest BCUT2D eigenvalue weighted by atomic mass is 10.00. The zero-order valence-electron chi connectivity index (χ0n) is 16.3. The quantitative estimate of drug-likeness (QED) is 0.346. The summed E-state index contributed by atoms with van der Waals surface area (Å²) in [6.45, 7) is 6.64. The molecule has 0 aromatic carbocycles. The van der Waals surface area contributed by atoms with Crippen molar-refractivity contribution in [3.8, 4) is 0 Å². The van der Waals surface area contributed by atoms with Crippen molar-refractivity contribution in [1.82, 2.24) is 10.6 Å². The van der Waals surface area contributed by atoms with Gasteiger partial charge in [-0.15, -0.1) is 0 Å². The van der Waals surface area contributed by atoms with Crippen LogP contribution in [0.5, 0.6) is 0 Å². The molecule has 3 rings (SSSR count). The predicted octanol–water partition coefficient (Wildman–Crippen LogP) is 1.39. The van der Waals surface area contributed by atoms with Crippen molar-refractivity contribution in [1.29, 1.82) is 0 Å². The zero-order chi connectivity index (χ0) is 19.3. The molecule has 0 aromatic heterocycles. The Morgan fingerprint density at radius 2 is 1.59 bits per heavy atom. The Kier molecular flexibility index (Phi) is 7.57. The summed E-state index contributed by atoms with van der Waals surface area (Å²) in [4.78, 5) is 15.3. The Hall–Kier alpha value is -0.230. The molecule has 8 nitrogen and oxygen atoms in total. The molecule has 27 heavy (non-hydrogen) atoms. The van der Waals surface area contributed by atoms with Gasteiger partial charge in [-0.25, -0.2) is 23.2 Å². The van der Waals surface area contributed by atoms with Crippen LogP contribution in [-0.2, 0) is 22.8 Å². The summed E-state index contributed by atoms with van der Waals surface area (Å²) in [5.41, 5.74) is 0. The first-order valence-corrected chi connectivity index (χ1v) is 13.9. The Labute approximate surface area is 163 Å². The van der Waals surface area contributed by atoms with Gasteiger partial charge in [0.15, 0.2) is 6.23 Å². The highest BCUT2D eigenvalue weighted by Crippen LogP contribution is 2.60. The molecule has 2 fully saturated rings. The van der Waals surface area contributed by atoms with Gasteiger partial charge in [0.2, 0.25) is 8.87 Å². The van der Waals surface area contributed by atoms with E-state index in [9.17, 15) is 8.42 Å². The molecule has 0 saturated carbocycles. The number of hydrogen-bond acceptors (Lipinski definition) is 8. The minimum atomic E-state index is -3.42. The third-order valence-corrected chi connectivity index (χ3v) is 13.1. The second-order valence-electron chi connectivity index (χ2n) is 7.64. The third kappa shape index (κ3) is 5.43. The fraction of sp³-hybridized carbons (Fsp3) is 0.941. The van der Waals surface area contributed by atoms with Gasteiger partial charge in [-0.2, -0.15) is 0 Å². The molecule has 10 heteroatoms. The number of rotatable bonds is 8. The van der Waals surface area contributed by atoms with E-state index >= 15 is 0 Å². The van der Waals surface area contributed by atoms with Crippen molar-refractivity contribution in [2.45, 2.75) is 38.8 Å². The van der Waals surface area contributed by atoms with Gasteiger partial charge < -0.3 is 14.8 Å². The standard InChI is InChI=1S/C17H33N3O5S2/c1-14-20-17(25-23-11-15-3-7-18-8-4-15)13-27(14,26(2,21)22)24-12-16-5-9-19-10-6-16/h15-19H,3-13H2,1-2H3. The third-order valence-electron chi connectivity index (χ3n) is 5.52. The lowest BCUT2D eigenvalue weighted by Crippen LogP contribution is -2.32. The number of piperidine rings is 2. The summed E-state index contributed by atoms with van der Waals surface area (Å²) in [6.07, 6.45) is 4.79. The van der Waals surface area contributed by atoms with Crippen molar-refractivity contribution in [2.75, 3.05) is 51.4 Å². The van der Waals surface area contributed by atoms with Crippen molar-refractivity contribution in [3.05, 3.63) is 0 Å². The highest BCUT2D eigenvalue weighted by molar-refractivity contribution is 8.94. The molecule has 2 N–H and O–H groups in total. The first kappa shape index (κ1) is 21.5. The van der Waals surface area contributed by atoms with Gasteiger partial charge in [-0.3, -0.25) is 0 Å². The summed E-state index contributed by atoms with van der Waals surface area (Å²) in [5.74, 6) is 1.09. The Balaban J connectivity index is 1.55. The fourth-order valence-corrected chi connectivity index (χ4v) is 9.55. The monoisotopic (exact) mass is 423 g/mol. The van der Waals surface area contributed by atoms with Crippen molar-refractivity contribution in [2.24, 2.45) is 16.8 Å². The van der Waals surface area contributed by atoms with Crippen LogP contribution in [0, 0.1) is 11.8 Å². The second-order valence-corrected chi connectivity index (χ2v) is 14.9. The van der Waals surface area contributed by atoms with E-state index in [1.54, 1.807) is 6.92 Å². The highest BCUT2D eigenvalue weighted by Gasteiger charge is 2.47. The summed E-state index contributed by atoms with van der Waals surface area (Å²) >= 11 is 0. The van der Waals surface area contributed by atoms with E-state index in [4.69, 9.17) is 14.0 Å². The lowest BCUT2D eigenvalue weighted by molar-refractivity contribution is -0.324. The molecule has 0 amide bonds. The Bertz CT molecular complexity index is 618.